The summed E-state index contributed by atoms with van der Waals surface area (Å²) in [6.45, 7) is 9.66. The highest BCUT2D eigenvalue weighted by Crippen LogP contribution is 2.16. The number of carbonyl (C=O) groups excluding carboxylic acids is 2. The van der Waals surface area contributed by atoms with Crippen LogP contribution in [0.2, 0.25) is 0 Å². The van der Waals surface area contributed by atoms with Gasteiger partial charge >= 0.3 is 0 Å². The lowest BCUT2D eigenvalue weighted by Crippen LogP contribution is -2.49. The van der Waals surface area contributed by atoms with Crippen LogP contribution in [-0.2, 0) is 9.59 Å². The van der Waals surface area contributed by atoms with Crippen molar-refractivity contribution in [1.29, 1.82) is 0 Å². The molecule has 0 aromatic heterocycles. The molecule has 0 aromatic rings. The molecule has 3 unspecified atom stereocenters. The van der Waals surface area contributed by atoms with Crippen LogP contribution in [0.5, 0.6) is 0 Å². The van der Waals surface area contributed by atoms with Gasteiger partial charge in [-0.2, -0.15) is 0 Å². The molecule has 0 bridgehead atoms. The quantitative estimate of drug-likeness (QED) is 0.813. The van der Waals surface area contributed by atoms with Crippen molar-refractivity contribution in [3.8, 4) is 0 Å². The van der Waals surface area contributed by atoms with E-state index in [1.807, 2.05) is 18.7 Å². The summed E-state index contributed by atoms with van der Waals surface area (Å²) in [6.07, 6.45) is 2.38. The van der Waals surface area contributed by atoms with Crippen molar-refractivity contribution >= 4 is 11.8 Å². The van der Waals surface area contributed by atoms with Crippen LogP contribution in [0.4, 0.5) is 0 Å². The minimum absolute atomic E-state index is 0.000279. The fourth-order valence-electron chi connectivity index (χ4n) is 2.16. The van der Waals surface area contributed by atoms with Gasteiger partial charge in [-0.3, -0.25) is 9.59 Å². The van der Waals surface area contributed by atoms with E-state index in [0.29, 0.717) is 18.9 Å². The summed E-state index contributed by atoms with van der Waals surface area (Å²) >= 11 is 0. The van der Waals surface area contributed by atoms with Gasteiger partial charge in [0.15, 0.2) is 0 Å². The molecule has 18 heavy (non-hydrogen) atoms. The van der Waals surface area contributed by atoms with Crippen LogP contribution in [0.1, 0.15) is 47.0 Å². The molecule has 4 nitrogen and oxygen atoms in total. The third-order valence-corrected chi connectivity index (χ3v) is 3.94. The second-order valence-corrected chi connectivity index (χ2v) is 5.48. The topological polar surface area (TPSA) is 49.4 Å². The first kappa shape index (κ1) is 15.0. The molecule has 1 saturated heterocycles. The van der Waals surface area contributed by atoms with Crippen molar-refractivity contribution in [2.75, 3.05) is 13.1 Å². The second kappa shape index (κ2) is 6.76. The summed E-state index contributed by atoms with van der Waals surface area (Å²) < 4.78 is 0. The second-order valence-electron chi connectivity index (χ2n) is 5.48. The maximum atomic E-state index is 12.5. The van der Waals surface area contributed by atoms with Crippen LogP contribution in [0.3, 0.4) is 0 Å². The largest absolute Gasteiger partial charge is 0.344 e. The number of rotatable bonds is 5. The van der Waals surface area contributed by atoms with Gasteiger partial charge in [-0.25, -0.2) is 0 Å². The van der Waals surface area contributed by atoms with Gasteiger partial charge in [0.1, 0.15) is 6.04 Å². The van der Waals surface area contributed by atoms with Gasteiger partial charge in [-0.15, -0.1) is 0 Å². The predicted octanol–water partition coefficient (Wildman–Crippen LogP) is 1.80. The Bertz CT molecular complexity index is 304. The summed E-state index contributed by atoms with van der Waals surface area (Å²) in [6, 6.07) is -0.339. The van der Waals surface area contributed by atoms with Crippen molar-refractivity contribution in [1.82, 2.24) is 10.2 Å². The van der Waals surface area contributed by atoms with E-state index in [-0.39, 0.29) is 23.8 Å². The molecule has 0 aliphatic carbocycles. The van der Waals surface area contributed by atoms with Gasteiger partial charge in [0, 0.05) is 19.5 Å². The van der Waals surface area contributed by atoms with Crippen LogP contribution in [0, 0.1) is 11.8 Å². The number of nitrogens with zero attached hydrogens (tertiary/aromatic N) is 1. The van der Waals surface area contributed by atoms with Crippen molar-refractivity contribution in [3.05, 3.63) is 0 Å². The van der Waals surface area contributed by atoms with E-state index in [2.05, 4.69) is 19.2 Å². The monoisotopic (exact) mass is 254 g/mol. The van der Waals surface area contributed by atoms with Crippen LogP contribution >= 0.6 is 0 Å². The molecule has 0 spiro atoms. The van der Waals surface area contributed by atoms with Crippen molar-refractivity contribution in [2.24, 2.45) is 11.8 Å². The summed E-state index contributed by atoms with van der Waals surface area (Å²) in [7, 11) is 0. The molecule has 1 aliphatic rings. The first-order valence-corrected chi connectivity index (χ1v) is 7.07. The van der Waals surface area contributed by atoms with Gasteiger partial charge < -0.3 is 10.2 Å². The summed E-state index contributed by atoms with van der Waals surface area (Å²) in [4.78, 5) is 26.0. The Morgan fingerprint density at radius 3 is 2.50 bits per heavy atom. The minimum Gasteiger partial charge on any atom is -0.344 e. The molecule has 1 heterocycles. The molecular weight excluding hydrogens is 228 g/mol. The Kier molecular flexibility index (Phi) is 5.63. The van der Waals surface area contributed by atoms with E-state index >= 15 is 0 Å². The third-order valence-electron chi connectivity index (χ3n) is 3.94. The van der Waals surface area contributed by atoms with E-state index in [1.54, 1.807) is 0 Å². The number of amides is 2. The zero-order valence-electron chi connectivity index (χ0n) is 12.0. The van der Waals surface area contributed by atoms with E-state index < -0.39 is 0 Å². The van der Waals surface area contributed by atoms with Crippen LogP contribution in [0.25, 0.3) is 0 Å². The van der Waals surface area contributed by atoms with Crippen LogP contribution < -0.4 is 5.32 Å². The Balaban J connectivity index is 2.79. The van der Waals surface area contributed by atoms with Gasteiger partial charge in [0.05, 0.1) is 0 Å². The van der Waals surface area contributed by atoms with Crippen LogP contribution in [-0.4, -0.2) is 35.8 Å². The molecule has 104 valence electrons. The Morgan fingerprint density at radius 1 is 1.28 bits per heavy atom. The van der Waals surface area contributed by atoms with E-state index in [4.69, 9.17) is 0 Å². The first-order chi connectivity index (χ1) is 8.49. The highest BCUT2D eigenvalue weighted by atomic mass is 16.2. The van der Waals surface area contributed by atoms with E-state index in [9.17, 15) is 9.59 Å². The summed E-state index contributed by atoms with van der Waals surface area (Å²) in [5, 5.41) is 2.87. The fourth-order valence-corrected chi connectivity index (χ4v) is 2.16. The fraction of sp³-hybridized carbons (Fsp3) is 0.857. The predicted molar refractivity (Wildman–Crippen MR) is 72.0 cm³/mol. The first-order valence-electron chi connectivity index (χ1n) is 7.07. The molecule has 1 N–H and O–H groups in total. The smallest absolute Gasteiger partial charge is 0.245 e. The molecule has 1 fully saturated rings. The summed E-state index contributed by atoms with van der Waals surface area (Å²) in [5.41, 5.74) is 0. The number of hydrogen-bond acceptors (Lipinski definition) is 2. The Labute approximate surface area is 110 Å². The molecule has 0 radical (unpaired) electrons. The van der Waals surface area contributed by atoms with Crippen molar-refractivity contribution in [2.45, 2.75) is 53.0 Å². The zero-order chi connectivity index (χ0) is 13.7. The van der Waals surface area contributed by atoms with Gasteiger partial charge in [0.2, 0.25) is 11.8 Å². The standard InChI is InChI=1S/C14H26N2O2/c1-5-10(3)9-16-8-7-12(17)15-13(14(16)18)11(4)6-2/h10-11,13H,5-9H2,1-4H3,(H,15,17). The summed E-state index contributed by atoms with van der Waals surface area (Å²) in [5.74, 6) is 0.773. The lowest BCUT2D eigenvalue weighted by Gasteiger charge is -2.28. The molecule has 2 amide bonds. The molecule has 1 aliphatic heterocycles. The lowest BCUT2D eigenvalue weighted by molar-refractivity contribution is -0.135. The van der Waals surface area contributed by atoms with Gasteiger partial charge in [-0.05, 0) is 11.8 Å². The molecule has 1 rings (SSSR count). The minimum atomic E-state index is -0.339. The normalized spacial score (nSPS) is 24.4. The average Bonchev–Trinajstić information content (AvgIpc) is 2.50. The highest BCUT2D eigenvalue weighted by molar-refractivity contribution is 5.90. The maximum Gasteiger partial charge on any atom is 0.245 e. The Hall–Kier alpha value is -1.06. The van der Waals surface area contributed by atoms with Gasteiger partial charge in [0.25, 0.3) is 0 Å². The van der Waals surface area contributed by atoms with Gasteiger partial charge in [-0.1, -0.05) is 40.5 Å². The maximum absolute atomic E-state index is 12.5. The number of carbonyl (C=O) groups is 2. The van der Waals surface area contributed by atoms with E-state index in [1.165, 1.54) is 0 Å². The lowest BCUT2D eigenvalue weighted by atomic mass is 9.97. The third kappa shape index (κ3) is 3.72. The van der Waals surface area contributed by atoms with E-state index in [0.717, 1.165) is 19.4 Å². The molecule has 4 heteroatoms. The zero-order valence-corrected chi connectivity index (χ0v) is 12.0. The number of hydrogen-bond donors (Lipinski definition) is 1. The highest BCUT2D eigenvalue weighted by Gasteiger charge is 2.33. The molecule has 0 saturated carbocycles. The van der Waals surface area contributed by atoms with Crippen LogP contribution in [0.15, 0.2) is 0 Å². The molecular formula is C14H26N2O2. The Morgan fingerprint density at radius 2 is 1.94 bits per heavy atom. The van der Waals surface area contributed by atoms with Crippen molar-refractivity contribution < 1.29 is 9.59 Å². The SMILES string of the molecule is CCC(C)CN1CCC(=O)NC(C(C)CC)C1=O. The molecule has 3 atom stereocenters. The van der Waals surface area contributed by atoms with Crippen molar-refractivity contribution in [3.63, 3.8) is 0 Å². The number of nitrogens with one attached hydrogen (secondary N) is 1. The molecule has 0 aromatic carbocycles. The average molecular weight is 254 g/mol.